The van der Waals surface area contributed by atoms with E-state index in [0.29, 0.717) is 12.1 Å². The molecule has 1 heterocycles. The number of likely N-dealkylation sites (tertiary alicyclic amines) is 1. The van der Waals surface area contributed by atoms with Gasteiger partial charge in [0, 0.05) is 38.3 Å². The van der Waals surface area contributed by atoms with Crippen molar-refractivity contribution >= 4 is 29.9 Å². The Morgan fingerprint density at radius 3 is 2.64 bits per heavy atom. The van der Waals surface area contributed by atoms with Crippen molar-refractivity contribution < 1.29 is 0 Å². The summed E-state index contributed by atoms with van der Waals surface area (Å²) in [4.78, 5) is 9.39. The monoisotopic (exact) mass is 423 g/mol. The minimum atomic E-state index is 0. The molecule has 2 fully saturated rings. The van der Waals surface area contributed by atoms with E-state index >= 15 is 0 Å². The van der Waals surface area contributed by atoms with Gasteiger partial charge in [0.15, 0.2) is 5.96 Å². The fourth-order valence-corrected chi connectivity index (χ4v) is 3.21. The van der Waals surface area contributed by atoms with Crippen LogP contribution in [0, 0.1) is 0 Å². The first-order chi connectivity index (χ1) is 10.2. The van der Waals surface area contributed by atoms with Crippen molar-refractivity contribution in [3.8, 4) is 0 Å². The van der Waals surface area contributed by atoms with Crippen molar-refractivity contribution in [3.63, 3.8) is 0 Å². The average Bonchev–Trinajstić information content (AvgIpc) is 3.25. The average molecular weight is 423 g/mol. The predicted molar refractivity (Wildman–Crippen MR) is 105 cm³/mol. The Bertz CT molecular complexity index is 345. The minimum Gasteiger partial charge on any atom is -0.355 e. The first-order valence-corrected chi connectivity index (χ1v) is 8.56. The molecule has 6 heteroatoms. The summed E-state index contributed by atoms with van der Waals surface area (Å²) in [5.74, 6) is 0.939. The topological polar surface area (TPSA) is 42.9 Å². The standard InChI is InChI=1S/C16H33N5.HI/c1-5-21-10-6-7-15(21)12-19-16(17-3)18-11-13(2)20(4)14-8-9-14;/h13-15H,5-12H2,1-4H3,(H2,17,18,19);1H. The van der Waals surface area contributed by atoms with Gasteiger partial charge in [-0.05, 0) is 52.7 Å². The minimum absolute atomic E-state index is 0. The summed E-state index contributed by atoms with van der Waals surface area (Å²) in [6.45, 7) is 8.89. The summed E-state index contributed by atoms with van der Waals surface area (Å²) >= 11 is 0. The highest BCUT2D eigenvalue weighted by molar-refractivity contribution is 14.0. The third-order valence-corrected chi connectivity index (χ3v) is 5.02. The lowest BCUT2D eigenvalue weighted by Gasteiger charge is -2.27. The van der Waals surface area contributed by atoms with Crippen LogP contribution in [0.4, 0.5) is 0 Å². The van der Waals surface area contributed by atoms with Crippen LogP contribution in [0.2, 0.25) is 0 Å². The SMILES string of the molecule is CCN1CCCC1CNC(=NC)NCC(C)N(C)C1CC1.I. The zero-order valence-electron chi connectivity index (χ0n) is 14.6. The molecule has 1 saturated heterocycles. The fraction of sp³-hybridized carbons (Fsp3) is 0.938. The third-order valence-electron chi connectivity index (χ3n) is 5.02. The van der Waals surface area contributed by atoms with E-state index < -0.39 is 0 Å². The Kier molecular flexibility index (Phi) is 9.01. The Labute approximate surface area is 153 Å². The molecule has 2 rings (SSSR count). The predicted octanol–water partition coefficient (Wildman–Crippen LogP) is 1.74. The van der Waals surface area contributed by atoms with Crippen LogP contribution in [0.25, 0.3) is 0 Å². The highest BCUT2D eigenvalue weighted by Crippen LogP contribution is 2.26. The van der Waals surface area contributed by atoms with Crippen LogP contribution in [-0.4, -0.2) is 74.2 Å². The Balaban J connectivity index is 0.00000242. The molecule has 1 aliphatic carbocycles. The molecule has 5 nitrogen and oxygen atoms in total. The number of nitrogens with one attached hydrogen (secondary N) is 2. The van der Waals surface area contributed by atoms with Crippen molar-refractivity contribution in [2.45, 2.75) is 57.7 Å². The van der Waals surface area contributed by atoms with E-state index in [9.17, 15) is 0 Å². The molecule has 0 bridgehead atoms. The van der Waals surface area contributed by atoms with Gasteiger partial charge in [-0.25, -0.2) is 0 Å². The van der Waals surface area contributed by atoms with E-state index in [4.69, 9.17) is 0 Å². The first kappa shape index (κ1) is 20.0. The molecule has 0 radical (unpaired) electrons. The fourth-order valence-electron chi connectivity index (χ4n) is 3.21. The maximum Gasteiger partial charge on any atom is 0.191 e. The molecule has 22 heavy (non-hydrogen) atoms. The third kappa shape index (κ3) is 5.85. The van der Waals surface area contributed by atoms with Crippen molar-refractivity contribution in [2.75, 3.05) is 40.3 Å². The molecule has 0 spiro atoms. The molecule has 2 N–H and O–H groups in total. The molecule has 1 aliphatic heterocycles. The van der Waals surface area contributed by atoms with Gasteiger partial charge in [-0.3, -0.25) is 14.8 Å². The van der Waals surface area contributed by atoms with Gasteiger partial charge in [-0.15, -0.1) is 24.0 Å². The highest BCUT2D eigenvalue weighted by Gasteiger charge is 2.29. The zero-order chi connectivity index (χ0) is 15.2. The molecule has 130 valence electrons. The van der Waals surface area contributed by atoms with Crippen LogP contribution in [0.3, 0.4) is 0 Å². The molecular weight excluding hydrogens is 389 g/mol. The Morgan fingerprint density at radius 1 is 1.32 bits per heavy atom. The van der Waals surface area contributed by atoms with Gasteiger partial charge >= 0.3 is 0 Å². The van der Waals surface area contributed by atoms with Gasteiger partial charge in [-0.2, -0.15) is 0 Å². The maximum atomic E-state index is 4.35. The smallest absolute Gasteiger partial charge is 0.191 e. The second-order valence-electron chi connectivity index (χ2n) is 6.50. The van der Waals surface area contributed by atoms with Gasteiger partial charge in [-0.1, -0.05) is 6.92 Å². The number of halogens is 1. The van der Waals surface area contributed by atoms with E-state index in [1.165, 1.54) is 32.2 Å². The number of hydrogen-bond acceptors (Lipinski definition) is 3. The number of guanidine groups is 1. The lowest BCUT2D eigenvalue weighted by Crippen LogP contribution is -2.48. The van der Waals surface area contributed by atoms with Gasteiger partial charge in [0.1, 0.15) is 0 Å². The molecule has 2 aliphatic rings. The van der Waals surface area contributed by atoms with Crippen LogP contribution in [0.1, 0.15) is 39.5 Å². The molecular formula is C16H34IN5. The lowest BCUT2D eigenvalue weighted by molar-refractivity contribution is 0.246. The summed E-state index contributed by atoms with van der Waals surface area (Å²) in [6, 6.07) is 2.03. The highest BCUT2D eigenvalue weighted by atomic mass is 127. The van der Waals surface area contributed by atoms with Crippen molar-refractivity contribution in [3.05, 3.63) is 0 Å². The first-order valence-electron chi connectivity index (χ1n) is 8.56. The van der Waals surface area contributed by atoms with Crippen molar-refractivity contribution in [2.24, 2.45) is 4.99 Å². The normalized spacial score (nSPS) is 24.2. The second kappa shape index (κ2) is 9.93. The molecule has 0 aromatic heterocycles. The van der Waals surface area contributed by atoms with Gasteiger partial charge in [0.2, 0.25) is 0 Å². The van der Waals surface area contributed by atoms with Crippen LogP contribution in [0.5, 0.6) is 0 Å². The summed E-state index contributed by atoms with van der Waals surface area (Å²) < 4.78 is 0. The van der Waals surface area contributed by atoms with E-state index in [-0.39, 0.29) is 24.0 Å². The van der Waals surface area contributed by atoms with E-state index in [1.807, 2.05) is 7.05 Å². The number of likely N-dealkylation sites (N-methyl/N-ethyl adjacent to an activating group) is 2. The molecule has 2 unspecified atom stereocenters. The number of nitrogens with zero attached hydrogens (tertiary/aromatic N) is 3. The van der Waals surface area contributed by atoms with Crippen molar-refractivity contribution in [1.29, 1.82) is 0 Å². The lowest BCUT2D eigenvalue weighted by atomic mass is 10.2. The van der Waals surface area contributed by atoms with E-state index in [0.717, 1.165) is 31.6 Å². The summed E-state index contributed by atoms with van der Waals surface area (Å²) in [5, 5.41) is 6.96. The molecule has 0 aromatic rings. The van der Waals surface area contributed by atoms with Crippen molar-refractivity contribution in [1.82, 2.24) is 20.4 Å². The van der Waals surface area contributed by atoms with Gasteiger partial charge in [0.25, 0.3) is 0 Å². The Hall–Kier alpha value is -0.0800. The summed E-state index contributed by atoms with van der Waals surface area (Å²) in [6.07, 6.45) is 5.36. The number of rotatable bonds is 7. The maximum absolute atomic E-state index is 4.35. The quantitative estimate of drug-likeness (QED) is 0.372. The van der Waals surface area contributed by atoms with Gasteiger partial charge < -0.3 is 10.6 Å². The molecule has 0 aromatic carbocycles. The molecule has 2 atom stereocenters. The van der Waals surface area contributed by atoms with Crippen LogP contribution >= 0.6 is 24.0 Å². The second-order valence-corrected chi connectivity index (χ2v) is 6.50. The largest absolute Gasteiger partial charge is 0.355 e. The van der Waals surface area contributed by atoms with Crippen LogP contribution in [0.15, 0.2) is 4.99 Å². The number of hydrogen-bond donors (Lipinski definition) is 2. The van der Waals surface area contributed by atoms with E-state index in [2.05, 4.69) is 46.3 Å². The molecule has 0 amide bonds. The van der Waals surface area contributed by atoms with E-state index in [1.54, 1.807) is 0 Å². The van der Waals surface area contributed by atoms with Crippen LogP contribution < -0.4 is 10.6 Å². The van der Waals surface area contributed by atoms with Gasteiger partial charge in [0.05, 0.1) is 0 Å². The number of aliphatic imine (C=N–C) groups is 1. The Morgan fingerprint density at radius 2 is 2.05 bits per heavy atom. The molecule has 1 saturated carbocycles. The summed E-state index contributed by atoms with van der Waals surface area (Å²) in [5.41, 5.74) is 0. The van der Waals surface area contributed by atoms with Crippen LogP contribution in [-0.2, 0) is 0 Å². The zero-order valence-corrected chi connectivity index (χ0v) is 17.0. The summed E-state index contributed by atoms with van der Waals surface area (Å²) in [7, 11) is 4.09.